The number of hydrogen-bond acceptors (Lipinski definition) is 0. The summed E-state index contributed by atoms with van der Waals surface area (Å²) in [5.41, 5.74) is 0. The molecule has 0 aromatic rings. The van der Waals surface area contributed by atoms with Crippen LogP contribution in [0.4, 0.5) is 0 Å². The lowest BCUT2D eigenvalue weighted by Crippen LogP contribution is -1.52. The molecule has 0 heteroatoms. The minimum absolute atomic E-state index is 1.15. The van der Waals surface area contributed by atoms with Crippen molar-refractivity contribution in [1.29, 1.82) is 0 Å². The molecule has 0 amide bonds. The molecule has 0 radical (unpaired) electrons. The van der Waals surface area contributed by atoms with E-state index in [-0.39, 0.29) is 0 Å². The van der Waals surface area contributed by atoms with E-state index in [0.29, 0.717) is 0 Å². The molecule has 0 aromatic heterocycles. The van der Waals surface area contributed by atoms with Crippen LogP contribution in [0, 0.1) is 0 Å². The zero-order valence-corrected chi connectivity index (χ0v) is 11.4. The van der Waals surface area contributed by atoms with Gasteiger partial charge in [-0.3, -0.25) is 0 Å². The van der Waals surface area contributed by atoms with Crippen LogP contribution in [-0.2, 0) is 0 Å². The molecule has 0 aliphatic heterocycles. The predicted molar refractivity (Wildman–Crippen MR) is 75.3 cm³/mol. The van der Waals surface area contributed by atoms with Crippen molar-refractivity contribution in [1.82, 2.24) is 0 Å². The second-order valence-corrected chi connectivity index (χ2v) is 3.03. The molecule has 90 valence electrons. The lowest BCUT2D eigenvalue weighted by Gasteiger charge is -1.72. The van der Waals surface area contributed by atoms with Crippen LogP contribution < -0.4 is 0 Å². The van der Waals surface area contributed by atoms with Crippen molar-refractivity contribution < 1.29 is 0 Å². The first-order valence-electron chi connectivity index (χ1n) is 6.08. The van der Waals surface area contributed by atoms with Crippen LogP contribution in [-0.4, -0.2) is 0 Å². The summed E-state index contributed by atoms with van der Waals surface area (Å²) in [5, 5.41) is 0. The Kier molecular flexibility index (Phi) is 38.5. The highest BCUT2D eigenvalue weighted by Gasteiger charge is 1.61. The van der Waals surface area contributed by atoms with Gasteiger partial charge in [-0.25, -0.2) is 0 Å². The molecule has 15 heavy (non-hydrogen) atoms. The van der Waals surface area contributed by atoms with Gasteiger partial charge in [0.25, 0.3) is 0 Å². The highest BCUT2D eigenvalue weighted by Crippen LogP contribution is 1.82. The monoisotopic (exact) mass is 210 g/mol. The third-order valence-corrected chi connectivity index (χ3v) is 1.44. The minimum Gasteiger partial charge on any atom is -0.103 e. The van der Waals surface area contributed by atoms with Crippen LogP contribution in [0.3, 0.4) is 0 Å². The Labute approximate surface area is 97.8 Å². The molecule has 0 atom stereocenters. The van der Waals surface area contributed by atoms with Crippen molar-refractivity contribution in [3.05, 3.63) is 37.0 Å². The van der Waals surface area contributed by atoms with E-state index in [1.54, 1.807) is 0 Å². The maximum atomic E-state index is 3.55. The van der Waals surface area contributed by atoms with Gasteiger partial charge in [0.15, 0.2) is 0 Å². The highest BCUT2D eigenvalue weighted by atomic mass is 13.7. The summed E-state index contributed by atoms with van der Waals surface area (Å²) in [6.45, 7) is 14.0. The summed E-state index contributed by atoms with van der Waals surface area (Å²) >= 11 is 0. The Balaban J connectivity index is -0.000000144. The second kappa shape index (κ2) is 29.2. The van der Waals surface area contributed by atoms with E-state index in [0.717, 1.165) is 19.3 Å². The van der Waals surface area contributed by atoms with E-state index >= 15 is 0 Å². The van der Waals surface area contributed by atoms with Crippen LogP contribution in [0.1, 0.15) is 60.3 Å². The first-order chi connectivity index (χ1) is 7.24. The molecule has 0 fully saturated rings. The lowest BCUT2D eigenvalue weighted by atomic mass is 10.3. The van der Waals surface area contributed by atoms with Gasteiger partial charge in [0, 0.05) is 0 Å². The van der Waals surface area contributed by atoms with Gasteiger partial charge in [0.2, 0.25) is 0 Å². The summed E-state index contributed by atoms with van der Waals surface area (Å²) in [7, 11) is 0. The molecule has 0 unspecified atom stereocenters. The van der Waals surface area contributed by atoms with Gasteiger partial charge >= 0.3 is 0 Å². The Morgan fingerprint density at radius 1 is 0.867 bits per heavy atom. The Morgan fingerprint density at radius 2 is 1.27 bits per heavy atom. The molecule has 0 saturated carbocycles. The Hall–Kier alpha value is -0.780. The lowest BCUT2D eigenvalue weighted by molar-refractivity contribution is 0.961. The van der Waals surface area contributed by atoms with Crippen LogP contribution in [0.25, 0.3) is 0 Å². The zero-order valence-electron chi connectivity index (χ0n) is 11.4. The van der Waals surface area contributed by atoms with Crippen molar-refractivity contribution in [2.45, 2.75) is 60.3 Å². The van der Waals surface area contributed by atoms with Gasteiger partial charge in [0.05, 0.1) is 0 Å². The van der Waals surface area contributed by atoms with E-state index in [1.165, 1.54) is 6.42 Å². The van der Waals surface area contributed by atoms with Crippen LogP contribution >= 0.6 is 0 Å². The number of hydrogen-bond donors (Lipinski definition) is 0. The molecule has 0 nitrogen and oxygen atoms in total. The van der Waals surface area contributed by atoms with Crippen molar-refractivity contribution in [2.75, 3.05) is 0 Å². The number of allylic oxidation sites excluding steroid dienone is 5. The minimum atomic E-state index is 1.15. The molecule has 0 aliphatic carbocycles. The first-order valence-corrected chi connectivity index (χ1v) is 6.08. The molecule has 0 spiro atoms. The van der Waals surface area contributed by atoms with Gasteiger partial charge < -0.3 is 0 Å². The average Bonchev–Trinajstić information content (AvgIpc) is 2.23. The van der Waals surface area contributed by atoms with Gasteiger partial charge in [-0.2, -0.15) is 0 Å². The zero-order chi connectivity index (χ0) is 12.4. The molecular weight excluding hydrogens is 180 g/mol. The van der Waals surface area contributed by atoms with Crippen molar-refractivity contribution in [3.8, 4) is 0 Å². The molecule has 0 saturated heterocycles. The third kappa shape index (κ3) is 61.1. The largest absolute Gasteiger partial charge is 0.103 e. The van der Waals surface area contributed by atoms with Crippen molar-refractivity contribution in [3.63, 3.8) is 0 Å². The van der Waals surface area contributed by atoms with Crippen LogP contribution in [0.15, 0.2) is 37.0 Å². The smallest absolute Gasteiger partial charge is 0.0356 e. The molecular formula is C15H30. The van der Waals surface area contributed by atoms with Crippen LogP contribution in [0.2, 0.25) is 0 Å². The fraction of sp³-hybridized carbons (Fsp3) is 0.600. The van der Waals surface area contributed by atoms with Gasteiger partial charge in [-0.05, 0) is 33.1 Å². The normalized spacial score (nSPS) is 9.13. The maximum absolute atomic E-state index is 3.55. The molecule has 0 rings (SSSR count). The fourth-order valence-corrected chi connectivity index (χ4v) is 0.676. The van der Waals surface area contributed by atoms with E-state index in [9.17, 15) is 0 Å². The van der Waals surface area contributed by atoms with Gasteiger partial charge in [0.1, 0.15) is 0 Å². The topological polar surface area (TPSA) is 0 Å². The summed E-state index contributed by atoms with van der Waals surface area (Å²) < 4.78 is 0. The summed E-state index contributed by atoms with van der Waals surface area (Å²) in [5.74, 6) is 0. The van der Waals surface area contributed by atoms with E-state index in [1.807, 2.05) is 19.9 Å². The molecule has 0 heterocycles. The summed E-state index contributed by atoms with van der Waals surface area (Å²) in [4.78, 5) is 0. The summed E-state index contributed by atoms with van der Waals surface area (Å²) in [6.07, 6.45) is 15.0. The van der Waals surface area contributed by atoms with Crippen LogP contribution in [0.5, 0.6) is 0 Å². The van der Waals surface area contributed by atoms with E-state index in [4.69, 9.17) is 0 Å². The number of rotatable bonds is 4. The molecule has 0 N–H and O–H groups in total. The van der Waals surface area contributed by atoms with Gasteiger partial charge in [-0.15, -0.1) is 6.58 Å². The first kappa shape index (κ1) is 19.7. The molecule has 0 bridgehead atoms. The highest BCUT2D eigenvalue weighted by molar-refractivity contribution is 4.73. The van der Waals surface area contributed by atoms with Gasteiger partial charge in [-0.1, -0.05) is 57.6 Å². The maximum Gasteiger partial charge on any atom is -0.0356 e. The van der Waals surface area contributed by atoms with E-state index in [2.05, 4.69) is 51.7 Å². The van der Waals surface area contributed by atoms with Crippen molar-refractivity contribution >= 4 is 0 Å². The third-order valence-electron chi connectivity index (χ3n) is 1.44. The predicted octanol–water partition coefficient (Wildman–Crippen LogP) is 5.92. The second-order valence-electron chi connectivity index (χ2n) is 3.03. The van der Waals surface area contributed by atoms with Crippen molar-refractivity contribution in [2.24, 2.45) is 0 Å². The molecule has 0 aromatic carbocycles. The fourth-order valence-electron chi connectivity index (χ4n) is 0.676. The average molecular weight is 210 g/mol. The number of unbranched alkanes of at least 4 members (excludes halogenated alkanes) is 1. The van der Waals surface area contributed by atoms with E-state index < -0.39 is 0 Å². The molecule has 0 aliphatic rings. The quantitative estimate of drug-likeness (QED) is 0.505. The standard InChI is InChI=1S/3C5H10/c3*1-3-5-4-2/h2*3,5H,4H2,1-2H3;3H,1,4-5H2,2H3/b5-3+;5-3-;. The summed E-state index contributed by atoms with van der Waals surface area (Å²) in [6, 6.07) is 0. The Bertz CT molecular complexity index is 117. The Morgan fingerprint density at radius 3 is 1.27 bits per heavy atom. The SMILES string of the molecule is C/C=C/CC.C/C=C\CC.C=CCCC.